The number of rotatable bonds is 7. The van der Waals surface area contributed by atoms with E-state index in [2.05, 4.69) is 69.9 Å². The van der Waals surface area contributed by atoms with E-state index in [4.69, 9.17) is 12.2 Å². The number of benzene rings is 1. The third-order valence-electron chi connectivity index (χ3n) is 4.93. The van der Waals surface area contributed by atoms with Crippen LogP contribution in [-0.2, 0) is 0 Å². The van der Waals surface area contributed by atoms with Gasteiger partial charge in [-0.25, -0.2) is 0 Å². The Hall–Kier alpha value is -2.44. The molecule has 0 spiro atoms. The number of aromatic nitrogens is 1. The molecule has 2 aromatic heterocycles. The first-order chi connectivity index (χ1) is 13.7. The van der Waals surface area contributed by atoms with Crippen molar-refractivity contribution >= 4 is 34.4 Å². The van der Waals surface area contributed by atoms with Gasteiger partial charge < -0.3 is 15.5 Å². The Labute approximate surface area is 175 Å². The molecule has 4 rings (SSSR count). The summed E-state index contributed by atoms with van der Waals surface area (Å²) in [7, 11) is 0. The van der Waals surface area contributed by atoms with Crippen LogP contribution in [-0.4, -0.2) is 28.1 Å². The van der Waals surface area contributed by atoms with E-state index in [1.165, 1.54) is 9.75 Å². The van der Waals surface area contributed by atoms with E-state index in [9.17, 15) is 0 Å². The van der Waals surface area contributed by atoms with Crippen LogP contribution in [0.15, 0.2) is 66.9 Å². The summed E-state index contributed by atoms with van der Waals surface area (Å²) >= 11 is 7.56. The third-order valence-corrected chi connectivity index (χ3v) is 6.35. The number of hydrogen-bond acceptors (Lipinski definition) is 4. The van der Waals surface area contributed by atoms with Gasteiger partial charge in [-0.15, -0.1) is 11.3 Å². The van der Waals surface area contributed by atoms with Gasteiger partial charge in [-0.05, 0) is 62.0 Å². The van der Waals surface area contributed by atoms with Gasteiger partial charge in [0.15, 0.2) is 5.11 Å². The predicted molar refractivity (Wildman–Crippen MR) is 121 cm³/mol. The van der Waals surface area contributed by atoms with Gasteiger partial charge in [-0.2, -0.15) is 0 Å². The van der Waals surface area contributed by atoms with Crippen molar-refractivity contribution in [1.82, 2.24) is 15.2 Å². The second-order valence-corrected chi connectivity index (χ2v) is 8.62. The molecule has 0 radical (unpaired) electrons. The summed E-state index contributed by atoms with van der Waals surface area (Å²) in [6.07, 6.45) is 2.86. The van der Waals surface area contributed by atoms with Crippen molar-refractivity contribution in [1.29, 1.82) is 0 Å². The maximum absolute atomic E-state index is 5.72. The lowest BCUT2D eigenvalue weighted by Crippen LogP contribution is -2.31. The highest BCUT2D eigenvalue weighted by Gasteiger charge is 2.40. The van der Waals surface area contributed by atoms with Crippen molar-refractivity contribution in [3.05, 3.63) is 82.3 Å². The lowest BCUT2D eigenvalue weighted by Gasteiger charge is -2.27. The molecule has 1 aliphatic rings. The molecule has 1 aromatic carbocycles. The lowest BCUT2D eigenvalue weighted by atomic mass is 10.0. The maximum Gasteiger partial charge on any atom is 0.170 e. The zero-order valence-electron chi connectivity index (χ0n) is 15.8. The Morgan fingerprint density at radius 1 is 1.11 bits per heavy atom. The van der Waals surface area contributed by atoms with Crippen LogP contribution >= 0.6 is 23.6 Å². The predicted octanol–water partition coefficient (Wildman–Crippen LogP) is 4.93. The Morgan fingerprint density at radius 2 is 1.93 bits per heavy atom. The monoisotopic (exact) mass is 408 g/mol. The van der Waals surface area contributed by atoms with Gasteiger partial charge in [0.05, 0.1) is 17.8 Å². The molecule has 0 unspecified atom stereocenters. The summed E-state index contributed by atoms with van der Waals surface area (Å²) in [5.74, 6) is 0. The number of pyridine rings is 1. The van der Waals surface area contributed by atoms with Crippen LogP contribution in [0, 0.1) is 6.92 Å². The molecular formula is C22H24N4S2. The molecular weight excluding hydrogens is 384 g/mol. The second kappa shape index (κ2) is 8.71. The van der Waals surface area contributed by atoms with Crippen LogP contribution in [0.5, 0.6) is 0 Å². The molecule has 28 heavy (non-hydrogen) atoms. The molecule has 0 aliphatic carbocycles. The van der Waals surface area contributed by atoms with Gasteiger partial charge in [-0.1, -0.05) is 24.3 Å². The number of thiocarbonyl (C=S) groups is 1. The van der Waals surface area contributed by atoms with Crippen molar-refractivity contribution in [2.45, 2.75) is 25.4 Å². The van der Waals surface area contributed by atoms with Crippen molar-refractivity contribution in [3.63, 3.8) is 0 Å². The maximum atomic E-state index is 5.72. The SMILES string of the molecule is Cc1ccc([C@H]2[C@@H](c3ccccn3)NC(=S)N2CCCNc2ccccc2)s1. The highest BCUT2D eigenvalue weighted by Crippen LogP contribution is 2.41. The first-order valence-corrected chi connectivity index (χ1v) is 10.8. The second-order valence-electron chi connectivity index (χ2n) is 6.91. The zero-order chi connectivity index (χ0) is 19.3. The number of aryl methyl sites for hydroxylation is 1. The van der Waals surface area contributed by atoms with Crippen molar-refractivity contribution in [3.8, 4) is 0 Å². The minimum absolute atomic E-state index is 0.0776. The molecule has 6 heteroatoms. The summed E-state index contributed by atoms with van der Waals surface area (Å²) < 4.78 is 0. The van der Waals surface area contributed by atoms with Crippen LogP contribution in [0.4, 0.5) is 5.69 Å². The summed E-state index contributed by atoms with van der Waals surface area (Å²) in [5.41, 5.74) is 2.19. The van der Waals surface area contributed by atoms with Crippen LogP contribution in [0.3, 0.4) is 0 Å². The van der Waals surface area contributed by atoms with Crippen molar-refractivity contribution in [2.24, 2.45) is 0 Å². The fraction of sp³-hybridized carbons (Fsp3) is 0.273. The smallest absolute Gasteiger partial charge is 0.170 e. The fourth-order valence-electron chi connectivity index (χ4n) is 3.61. The van der Waals surface area contributed by atoms with Crippen molar-refractivity contribution in [2.75, 3.05) is 18.4 Å². The molecule has 2 N–H and O–H groups in total. The number of anilines is 1. The molecule has 0 saturated carbocycles. The third kappa shape index (κ3) is 4.18. The lowest BCUT2D eigenvalue weighted by molar-refractivity contribution is 0.320. The van der Waals surface area contributed by atoms with Crippen LogP contribution in [0.25, 0.3) is 0 Å². The van der Waals surface area contributed by atoms with E-state index in [1.807, 2.05) is 35.7 Å². The summed E-state index contributed by atoms with van der Waals surface area (Å²) in [6, 6.07) is 21.1. The average molecular weight is 409 g/mol. The van der Waals surface area contributed by atoms with Crippen LogP contribution < -0.4 is 10.6 Å². The van der Waals surface area contributed by atoms with E-state index < -0.39 is 0 Å². The fourth-order valence-corrected chi connectivity index (χ4v) is 4.97. The molecule has 3 heterocycles. The molecule has 1 fully saturated rings. The van der Waals surface area contributed by atoms with Gasteiger partial charge in [-0.3, -0.25) is 4.98 Å². The highest BCUT2D eigenvalue weighted by molar-refractivity contribution is 7.80. The average Bonchev–Trinajstić information content (AvgIpc) is 3.29. The standard InChI is InChI=1S/C22H24N4S2/c1-16-11-12-19(28-16)21-20(18-10-5-6-13-24-18)25-22(27)26(21)15-7-14-23-17-8-3-2-4-9-17/h2-6,8-13,20-21,23H,7,14-15H2,1H3,(H,25,27)/t20-,21+/m1/s1. The number of nitrogens with one attached hydrogen (secondary N) is 2. The molecule has 0 bridgehead atoms. The number of nitrogens with zero attached hydrogens (tertiary/aromatic N) is 2. The number of thiophene rings is 1. The van der Waals surface area contributed by atoms with E-state index >= 15 is 0 Å². The van der Waals surface area contributed by atoms with Crippen molar-refractivity contribution < 1.29 is 0 Å². The first kappa shape index (κ1) is 18.9. The van der Waals surface area contributed by atoms with E-state index in [-0.39, 0.29) is 12.1 Å². The Morgan fingerprint density at radius 3 is 2.64 bits per heavy atom. The van der Waals surface area contributed by atoms with Gasteiger partial charge in [0, 0.05) is 34.7 Å². The van der Waals surface area contributed by atoms with Crippen LogP contribution in [0.1, 0.15) is 34.0 Å². The largest absolute Gasteiger partial charge is 0.385 e. The summed E-state index contributed by atoms with van der Waals surface area (Å²) in [5, 5.41) is 7.81. The van der Waals surface area contributed by atoms with E-state index in [0.29, 0.717) is 0 Å². The Bertz CT molecular complexity index is 911. The molecule has 0 amide bonds. The van der Waals surface area contributed by atoms with Gasteiger partial charge in [0.2, 0.25) is 0 Å². The molecule has 3 aromatic rings. The van der Waals surface area contributed by atoms with Crippen LogP contribution in [0.2, 0.25) is 0 Å². The molecule has 2 atom stereocenters. The summed E-state index contributed by atoms with van der Waals surface area (Å²) in [4.78, 5) is 9.57. The molecule has 1 aliphatic heterocycles. The molecule has 1 saturated heterocycles. The first-order valence-electron chi connectivity index (χ1n) is 9.56. The quantitative estimate of drug-likeness (QED) is 0.429. The highest BCUT2D eigenvalue weighted by atomic mass is 32.1. The van der Waals surface area contributed by atoms with Gasteiger partial charge in [0.25, 0.3) is 0 Å². The molecule has 144 valence electrons. The van der Waals surface area contributed by atoms with Gasteiger partial charge >= 0.3 is 0 Å². The Balaban J connectivity index is 1.48. The summed E-state index contributed by atoms with van der Waals surface area (Å²) in [6.45, 7) is 3.96. The normalized spacial score (nSPS) is 18.9. The minimum Gasteiger partial charge on any atom is -0.385 e. The topological polar surface area (TPSA) is 40.2 Å². The van der Waals surface area contributed by atoms with E-state index in [0.717, 1.165) is 36.0 Å². The molecule has 4 nitrogen and oxygen atoms in total. The number of hydrogen-bond donors (Lipinski definition) is 2. The minimum atomic E-state index is 0.0776. The number of para-hydroxylation sites is 1. The van der Waals surface area contributed by atoms with Gasteiger partial charge in [0.1, 0.15) is 0 Å². The zero-order valence-corrected chi connectivity index (χ0v) is 17.5. The van der Waals surface area contributed by atoms with E-state index in [1.54, 1.807) is 0 Å². The Kier molecular flexibility index (Phi) is 5.88.